The summed E-state index contributed by atoms with van der Waals surface area (Å²) in [5, 5.41) is 13.1. The van der Waals surface area contributed by atoms with Crippen molar-refractivity contribution in [2.45, 2.75) is 13.3 Å². The summed E-state index contributed by atoms with van der Waals surface area (Å²) in [7, 11) is 0. The largest absolute Gasteiger partial charge is 0.481 e. The van der Waals surface area contributed by atoms with Crippen LogP contribution in [0, 0.1) is 12.7 Å². The highest BCUT2D eigenvalue weighted by atomic mass is 19.1. The number of urea groups is 1. The van der Waals surface area contributed by atoms with Crippen LogP contribution in [-0.4, -0.2) is 23.7 Å². The molecule has 17 heavy (non-hydrogen) atoms. The second-order valence-electron chi connectivity index (χ2n) is 3.54. The van der Waals surface area contributed by atoms with Gasteiger partial charge >= 0.3 is 12.0 Å². The van der Waals surface area contributed by atoms with E-state index in [1.165, 1.54) is 12.1 Å². The van der Waals surface area contributed by atoms with Crippen molar-refractivity contribution < 1.29 is 19.1 Å². The molecule has 0 aliphatic rings. The first kappa shape index (κ1) is 13.0. The first-order chi connectivity index (χ1) is 7.97. The minimum Gasteiger partial charge on any atom is -0.481 e. The van der Waals surface area contributed by atoms with Crippen LogP contribution in [0.2, 0.25) is 0 Å². The van der Waals surface area contributed by atoms with Crippen molar-refractivity contribution in [1.82, 2.24) is 5.32 Å². The van der Waals surface area contributed by atoms with Gasteiger partial charge in [0.05, 0.1) is 6.42 Å². The molecule has 0 aliphatic heterocycles. The summed E-state index contributed by atoms with van der Waals surface area (Å²) in [4.78, 5) is 21.5. The molecule has 6 heteroatoms. The molecule has 0 atom stereocenters. The molecule has 1 aromatic rings. The van der Waals surface area contributed by atoms with E-state index in [9.17, 15) is 14.0 Å². The molecule has 0 heterocycles. The van der Waals surface area contributed by atoms with E-state index in [2.05, 4.69) is 10.6 Å². The lowest BCUT2D eigenvalue weighted by Crippen LogP contribution is -2.30. The zero-order chi connectivity index (χ0) is 12.8. The Bertz CT molecular complexity index is 414. The van der Waals surface area contributed by atoms with E-state index >= 15 is 0 Å². The third-order valence-electron chi connectivity index (χ3n) is 1.92. The van der Waals surface area contributed by atoms with Gasteiger partial charge in [-0.25, -0.2) is 9.18 Å². The molecule has 1 aromatic carbocycles. The molecule has 0 saturated carbocycles. The van der Waals surface area contributed by atoms with Crippen molar-refractivity contribution in [3.63, 3.8) is 0 Å². The second kappa shape index (κ2) is 5.83. The maximum atomic E-state index is 13.0. The lowest BCUT2D eigenvalue weighted by molar-refractivity contribution is -0.136. The number of carboxylic acids is 1. The van der Waals surface area contributed by atoms with Crippen LogP contribution in [0.15, 0.2) is 18.2 Å². The molecule has 92 valence electrons. The Morgan fingerprint density at radius 3 is 2.65 bits per heavy atom. The SMILES string of the molecule is Cc1cc(F)cc(NC(=O)NCCC(=O)O)c1. The molecule has 2 amide bonds. The number of rotatable bonds is 4. The molecule has 0 fully saturated rings. The van der Waals surface area contributed by atoms with Gasteiger partial charge in [0.15, 0.2) is 0 Å². The lowest BCUT2D eigenvalue weighted by atomic mass is 10.2. The van der Waals surface area contributed by atoms with Gasteiger partial charge in [-0.15, -0.1) is 0 Å². The van der Waals surface area contributed by atoms with Gasteiger partial charge < -0.3 is 15.7 Å². The fourth-order valence-corrected chi connectivity index (χ4v) is 1.27. The van der Waals surface area contributed by atoms with Gasteiger partial charge in [0, 0.05) is 12.2 Å². The number of aryl methyl sites for hydroxylation is 1. The monoisotopic (exact) mass is 240 g/mol. The van der Waals surface area contributed by atoms with Crippen LogP contribution in [0.5, 0.6) is 0 Å². The molecule has 3 N–H and O–H groups in total. The summed E-state index contributed by atoms with van der Waals surface area (Å²) >= 11 is 0. The average Bonchev–Trinajstić information content (AvgIpc) is 2.14. The summed E-state index contributed by atoms with van der Waals surface area (Å²) < 4.78 is 13.0. The molecular weight excluding hydrogens is 227 g/mol. The van der Waals surface area contributed by atoms with Crippen LogP contribution < -0.4 is 10.6 Å². The zero-order valence-electron chi connectivity index (χ0n) is 9.29. The first-order valence-corrected chi connectivity index (χ1v) is 5.01. The third kappa shape index (κ3) is 4.96. The number of aliphatic carboxylic acids is 1. The summed E-state index contributed by atoms with van der Waals surface area (Å²) in [5.41, 5.74) is 1.01. The molecule has 0 aromatic heterocycles. The topological polar surface area (TPSA) is 78.4 Å². The number of amides is 2. The van der Waals surface area contributed by atoms with Crippen molar-refractivity contribution in [2.24, 2.45) is 0 Å². The molecule has 0 unspecified atom stereocenters. The smallest absolute Gasteiger partial charge is 0.319 e. The Kier molecular flexibility index (Phi) is 4.45. The van der Waals surface area contributed by atoms with Crippen LogP contribution in [-0.2, 0) is 4.79 Å². The quantitative estimate of drug-likeness (QED) is 0.749. The minimum atomic E-state index is -0.994. The van der Waals surface area contributed by atoms with E-state index in [1.807, 2.05) is 0 Å². The number of hydrogen-bond donors (Lipinski definition) is 3. The highest BCUT2D eigenvalue weighted by Gasteiger charge is 2.04. The van der Waals surface area contributed by atoms with E-state index in [0.29, 0.717) is 11.3 Å². The van der Waals surface area contributed by atoms with E-state index in [0.717, 1.165) is 0 Å². The van der Waals surface area contributed by atoms with E-state index in [1.54, 1.807) is 13.0 Å². The molecule has 0 bridgehead atoms. The van der Waals surface area contributed by atoms with E-state index in [-0.39, 0.29) is 13.0 Å². The third-order valence-corrected chi connectivity index (χ3v) is 1.92. The van der Waals surface area contributed by atoms with E-state index in [4.69, 9.17) is 5.11 Å². The number of anilines is 1. The predicted molar refractivity (Wildman–Crippen MR) is 60.4 cm³/mol. The van der Waals surface area contributed by atoms with Gasteiger partial charge in [0.1, 0.15) is 5.82 Å². The Labute approximate surface area is 97.6 Å². The molecule has 0 radical (unpaired) electrons. The van der Waals surface area contributed by atoms with Crippen LogP contribution in [0.1, 0.15) is 12.0 Å². The van der Waals surface area contributed by atoms with Crippen molar-refractivity contribution in [3.05, 3.63) is 29.6 Å². The van der Waals surface area contributed by atoms with Crippen LogP contribution in [0.3, 0.4) is 0 Å². The van der Waals surface area contributed by atoms with Gasteiger partial charge in [-0.05, 0) is 30.7 Å². The Morgan fingerprint density at radius 1 is 1.35 bits per heavy atom. The molecule has 5 nitrogen and oxygen atoms in total. The van der Waals surface area contributed by atoms with Gasteiger partial charge in [-0.2, -0.15) is 0 Å². The lowest BCUT2D eigenvalue weighted by Gasteiger charge is -2.07. The summed E-state index contributed by atoms with van der Waals surface area (Å²) in [6.07, 6.45) is -0.157. The average molecular weight is 240 g/mol. The molecule has 0 saturated heterocycles. The highest BCUT2D eigenvalue weighted by Crippen LogP contribution is 2.12. The van der Waals surface area contributed by atoms with Crippen molar-refractivity contribution in [3.8, 4) is 0 Å². The predicted octanol–water partition coefficient (Wildman–Crippen LogP) is 1.73. The number of halogens is 1. The van der Waals surface area contributed by atoms with Crippen LogP contribution in [0.25, 0.3) is 0 Å². The molecule has 0 spiro atoms. The van der Waals surface area contributed by atoms with Crippen molar-refractivity contribution >= 4 is 17.7 Å². The maximum absolute atomic E-state index is 13.0. The van der Waals surface area contributed by atoms with Gasteiger partial charge in [-0.1, -0.05) is 0 Å². The minimum absolute atomic E-state index is 0.0233. The standard InChI is InChI=1S/C11H13FN2O3/c1-7-4-8(12)6-9(5-7)14-11(17)13-3-2-10(15)16/h4-6H,2-3H2,1H3,(H,15,16)(H2,13,14,17). The number of carbonyl (C=O) groups excluding carboxylic acids is 1. The number of carboxylic acid groups (broad SMARTS) is 1. The number of nitrogens with one attached hydrogen (secondary N) is 2. The normalized spacial score (nSPS) is 9.76. The van der Waals surface area contributed by atoms with Crippen molar-refractivity contribution in [1.29, 1.82) is 0 Å². The summed E-state index contributed by atoms with van der Waals surface area (Å²) in [6.45, 7) is 1.73. The number of carbonyl (C=O) groups is 2. The Balaban J connectivity index is 2.47. The highest BCUT2D eigenvalue weighted by molar-refractivity contribution is 5.89. The van der Waals surface area contributed by atoms with Crippen molar-refractivity contribution in [2.75, 3.05) is 11.9 Å². The second-order valence-corrected chi connectivity index (χ2v) is 3.54. The Hall–Kier alpha value is -2.11. The maximum Gasteiger partial charge on any atom is 0.319 e. The Morgan fingerprint density at radius 2 is 2.06 bits per heavy atom. The first-order valence-electron chi connectivity index (χ1n) is 5.01. The van der Waals surface area contributed by atoms with E-state index < -0.39 is 17.8 Å². The van der Waals surface area contributed by atoms with Crippen LogP contribution in [0.4, 0.5) is 14.9 Å². The summed E-state index contributed by atoms with van der Waals surface area (Å²) in [6, 6.07) is 3.58. The summed E-state index contributed by atoms with van der Waals surface area (Å²) in [5.74, 6) is -1.43. The number of hydrogen-bond acceptors (Lipinski definition) is 2. The fourth-order valence-electron chi connectivity index (χ4n) is 1.27. The molecule has 0 aliphatic carbocycles. The van der Waals surface area contributed by atoms with Gasteiger partial charge in [0.25, 0.3) is 0 Å². The zero-order valence-corrected chi connectivity index (χ0v) is 9.29. The fraction of sp³-hybridized carbons (Fsp3) is 0.273. The van der Waals surface area contributed by atoms with Gasteiger partial charge in [0.2, 0.25) is 0 Å². The van der Waals surface area contributed by atoms with Crippen LogP contribution >= 0.6 is 0 Å². The molecule has 1 rings (SSSR count). The molecular formula is C11H13FN2O3. The van der Waals surface area contributed by atoms with Gasteiger partial charge in [-0.3, -0.25) is 4.79 Å². The number of benzene rings is 1.